The molecule has 11 heteroatoms. The number of benzene rings is 3. The van der Waals surface area contributed by atoms with Crippen molar-refractivity contribution < 1.29 is 39.1 Å². The number of aromatic amines is 1. The summed E-state index contributed by atoms with van der Waals surface area (Å²) in [4.78, 5) is 25.9. The first-order chi connectivity index (χ1) is 18.8. The number of hydrogen-bond donors (Lipinski definition) is 5. The minimum atomic E-state index is -0.933. The standard InChI is InChI=1S/C28H20N2O9/c1-37-14-5-2-12(3-6-14)24-16(11-29-30-24)15-9-21(34)38-20-10-19(33)23-25(35)26(36)27(39-28(23)22(15)20)13-4-7-17(31)18(32)8-13/h2-8,10-11,15,31-33,36H,9H2,1H3,(H,29,30)/t15-/m1/s1. The molecule has 0 amide bonds. The summed E-state index contributed by atoms with van der Waals surface area (Å²) in [5, 5.41) is 47.9. The Morgan fingerprint density at radius 1 is 0.949 bits per heavy atom. The number of H-pyrrole nitrogens is 1. The van der Waals surface area contributed by atoms with E-state index in [2.05, 4.69) is 10.2 Å². The molecule has 1 aliphatic heterocycles. The number of carbonyl (C=O) groups is 1. The van der Waals surface area contributed by atoms with Gasteiger partial charge in [-0.1, -0.05) is 0 Å². The van der Waals surface area contributed by atoms with Crippen molar-refractivity contribution in [2.45, 2.75) is 12.3 Å². The van der Waals surface area contributed by atoms with Crippen molar-refractivity contribution in [3.63, 3.8) is 0 Å². The van der Waals surface area contributed by atoms with Gasteiger partial charge in [-0.05, 0) is 42.5 Å². The molecule has 5 N–H and O–H groups in total. The predicted molar refractivity (Wildman–Crippen MR) is 137 cm³/mol. The molecule has 39 heavy (non-hydrogen) atoms. The maximum Gasteiger partial charge on any atom is 0.312 e. The number of hydrogen-bond acceptors (Lipinski definition) is 10. The molecule has 3 heterocycles. The van der Waals surface area contributed by atoms with Crippen LogP contribution in [-0.4, -0.2) is 43.7 Å². The molecule has 0 aliphatic carbocycles. The van der Waals surface area contributed by atoms with Crippen molar-refractivity contribution in [3.05, 3.63) is 76.1 Å². The SMILES string of the molecule is COc1ccc(-c2[nH]ncc2[C@H]2CC(=O)Oc3cc(O)c4c(=O)c(O)c(-c5ccc(O)c(O)c5)oc4c32)cc1. The Morgan fingerprint density at radius 2 is 1.69 bits per heavy atom. The number of phenolic OH excluding ortho intramolecular Hbond substituents is 3. The maximum atomic E-state index is 13.3. The highest BCUT2D eigenvalue weighted by atomic mass is 16.5. The fourth-order valence-corrected chi connectivity index (χ4v) is 4.86. The van der Waals surface area contributed by atoms with E-state index in [1.54, 1.807) is 25.4 Å². The smallest absolute Gasteiger partial charge is 0.312 e. The summed E-state index contributed by atoms with van der Waals surface area (Å²) >= 11 is 0. The van der Waals surface area contributed by atoms with Gasteiger partial charge >= 0.3 is 5.97 Å². The Bertz CT molecular complexity index is 1840. The van der Waals surface area contributed by atoms with Crippen molar-refractivity contribution in [1.82, 2.24) is 10.2 Å². The van der Waals surface area contributed by atoms with Crippen LogP contribution in [0.3, 0.4) is 0 Å². The summed E-state index contributed by atoms with van der Waals surface area (Å²) in [7, 11) is 1.56. The first-order valence-electron chi connectivity index (χ1n) is 11.7. The van der Waals surface area contributed by atoms with E-state index in [9.17, 15) is 30.0 Å². The van der Waals surface area contributed by atoms with Crippen LogP contribution in [0.5, 0.6) is 34.5 Å². The second-order valence-corrected chi connectivity index (χ2v) is 8.98. The van der Waals surface area contributed by atoms with Crippen LogP contribution in [0.2, 0.25) is 0 Å². The summed E-state index contributed by atoms with van der Waals surface area (Å²) in [6, 6.07) is 11.9. The van der Waals surface area contributed by atoms with Crippen LogP contribution in [0.15, 0.2) is 63.9 Å². The van der Waals surface area contributed by atoms with Gasteiger partial charge in [0.1, 0.15) is 28.2 Å². The van der Waals surface area contributed by atoms with Crippen LogP contribution in [0.25, 0.3) is 33.6 Å². The topological polar surface area (TPSA) is 175 Å². The summed E-state index contributed by atoms with van der Waals surface area (Å²) < 4.78 is 16.7. The van der Waals surface area contributed by atoms with Crippen molar-refractivity contribution in [3.8, 4) is 57.1 Å². The molecule has 11 nitrogen and oxygen atoms in total. The lowest BCUT2D eigenvalue weighted by Gasteiger charge is -2.26. The van der Waals surface area contributed by atoms with Crippen LogP contribution in [0, 0.1) is 0 Å². The molecule has 0 spiro atoms. The van der Waals surface area contributed by atoms with Crippen LogP contribution >= 0.6 is 0 Å². The van der Waals surface area contributed by atoms with E-state index >= 15 is 0 Å². The predicted octanol–water partition coefficient (Wildman–Crippen LogP) is 4.12. The van der Waals surface area contributed by atoms with Gasteiger partial charge in [-0.2, -0.15) is 5.10 Å². The largest absolute Gasteiger partial charge is 0.507 e. The molecule has 0 unspecified atom stereocenters. The molecular weight excluding hydrogens is 508 g/mol. The average molecular weight is 528 g/mol. The summed E-state index contributed by atoms with van der Waals surface area (Å²) in [5.74, 6) is -3.23. The lowest BCUT2D eigenvalue weighted by Crippen LogP contribution is -2.22. The molecule has 0 fully saturated rings. The Labute approximate surface area is 219 Å². The minimum Gasteiger partial charge on any atom is -0.507 e. The Hall–Kier alpha value is -5.45. The zero-order chi connectivity index (χ0) is 27.4. The fraction of sp³-hybridized carbons (Fsp3) is 0.107. The Kier molecular flexibility index (Phi) is 5.42. The summed E-state index contributed by atoms with van der Waals surface area (Å²) in [6.45, 7) is 0. The molecule has 0 radical (unpaired) electrons. The number of esters is 1. The molecular formula is C28H20N2O9. The van der Waals surface area contributed by atoms with Gasteiger partial charge in [-0.3, -0.25) is 14.7 Å². The van der Waals surface area contributed by atoms with E-state index in [-0.39, 0.29) is 34.5 Å². The molecule has 5 aromatic rings. The highest BCUT2D eigenvalue weighted by molar-refractivity contribution is 5.94. The number of ether oxygens (including phenoxy) is 2. The Balaban J connectivity index is 1.62. The van der Waals surface area contributed by atoms with E-state index in [1.165, 1.54) is 12.1 Å². The van der Waals surface area contributed by atoms with Crippen molar-refractivity contribution in [2.24, 2.45) is 0 Å². The van der Waals surface area contributed by atoms with Gasteiger partial charge in [0.05, 0.1) is 25.4 Å². The van der Waals surface area contributed by atoms with Gasteiger partial charge in [0, 0.05) is 34.2 Å². The summed E-state index contributed by atoms with van der Waals surface area (Å²) in [5.41, 5.74) is 1.29. The number of phenols is 3. The molecule has 2 aromatic heterocycles. The monoisotopic (exact) mass is 528 g/mol. The van der Waals surface area contributed by atoms with Gasteiger partial charge < -0.3 is 34.3 Å². The van der Waals surface area contributed by atoms with Crippen molar-refractivity contribution in [2.75, 3.05) is 7.11 Å². The molecule has 0 bridgehead atoms. The molecule has 3 aromatic carbocycles. The summed E-state index contributed by atoms with van der Waals surface area (Å²) in [6.07, 6.45) is 1.43. The number of nitrogens with zero attached hydrogens (tertiary/aromatic N) is 1. The van der Waals surface area contributed by atoms with Crippen LogP contribution in [-0.2, 0) is 4.79 Å². The number of carbonyl (C=O) groups excluding carboxylic acids is 1. The number of methoxy groups -OCH3 is 1. The molecule has 1 atom stereocenters. The normalized spacial score (nSPS) is 14.7. The third-order valence-corrected chi connectivity index (χ3v) is 6.73. The molecule has 0 saturated heterocycles. The molecule has 1 aliphatic rings. The zero-order valence-corrected chi connectivity index (χ0v) is 20.3. The van der Waals surface area contributed by atoms with Gasteiger partial charge in [-0.15, -0.1) is 0 Å². The zero-order valence-electron chi connectivity index (χ0n) is 20.3. The van der Waals surface area contributed by atoms with Gasteiger partial charge in [-0.25, -0.2) is 0 Å². The first-order valence-corrected chi connectivity index (χ1v) is 11.7. The van der Waals surface area contributed by atoms with Crippen LogP contribution in [0.4, 0.5) is 0 Å². The number of fused-ring (bicyclic) bond motifs is 3. The number of nitrogens with one attached hydrogen (secondary N) is 1. The quantitative estimate of drug-likeness (QED) is 0.130. The highest BCUT2D eigenvalue weighted by Crippen LogP contribution is 2.48. The number of rotatable bonds is 4. The maximum absolute atomic E-state index is 13.3. The number of aromatic nitrogens is 2. The molecule has 196 valence electrons. The third-order valence-electron chi connectivity index (χ3n) is 6.73. The minimum absolute atomic E-state index is 0.0172. The van der Waals surface area contributed by atoms with Crippen molar-refractivity contribution >= 4 is 16.9 Å². The van der Waals surface area contributed by atoms with E-state index < -0.39 is 40.3 Å². The first kappa shape index (κ1) is 23.9. The average Bonchev–Trinajstić information content (AvgIpc) is 3.41. The fourth-order valence-electron chi connectivity index (χ4n) is 4.86. The van der Waals surface area contributed by atoms with Gasteiger partial charge in [0.2, 0.25) is 11.2 Å². The lowest BCUT2D eigenvalue weighted by molar-refractivity contribution is -0.135. The molecule has 0 saturated carbocycles. The second kappa shape index (κ2) is 8.84. The third kappa shape index (κ3) is 3.79. The Morgan fingerprint density at radius 3 is 2.41 bits per heavy atom. The highest BCUT2D eigenvalue weighted by Gasteiger charge is 2.36. The van der Waals surface area contributed by atoms with Crippen molar-refractivity contribution in [1.29, 1.82) is 0 Å². The van der Waals surface area contributed by atoms with Gasteiger partial charge in [0.25, 0.3) is 0 Å². The van der Waals surface area contributed by atoms with E-state index in [0.717, 1.165) is 17.7 Å². The van der Waals surface area contributed by atoms with Crippen LogP contribution < -0.4 is 14.9 Å². The molecule has 6 rings (SSSR count). The van der Waals surface area contributed by atoms with E-state index in [4.69, 9.17) is 13.9 Å². The number of aromatic hydroxyl groups is 4. The lowest BCUT2D eigenvalue weighted by atomic mass is 9.84. The van der Waals surface area contributed by atoms with Crippen LogP contribution in [0.1, 0.15) is 23.5 Å². The second-order valence-electron chi connectivity index (χ2n) is 8.98. The van der Waals surface area contributed by atoms with E-state index in [1.807, 2.05) is 12.1 Å². The van der Waals surface area contributed by atoms with Gasteiger partial charge in [0.15, 0.2) is 17.3 Å². The van der Waals surface area contributed by atoms with E-state index in [0.29, 0.717) is 22.6 Å².